The van der Waals surface area contributed by atoms with Gasteiger partial charge in [-0.25, -0.2) is 0 Å². The van der Waals surface area contributed by atoms with Crippen LogP contribution in [0.4, 0.5) is 11.4 Å². The molecule has 0 aliphatic carbocycles. The van der Waals surface area contributed by atoms with Crippen LogP contribution in [0.25, 0.3) is 0 Å². The van der Waals surface area contributed by atoms with E-state index >= 15 is 0 Å². The molecule has 0 saturated carbocycles. The van der Waals surface area contributed by atoms with Crippen LogP contribution in [0.1, 0.15) is 65.6 Å². The molecule has 220 valence electrons. The van der Waals surface area contributed by atoms with Crippen LogP contribution in [-0.2, 0) is 10.5 Å². The standard InChI is InChI=1S/C34H32BrClN4O3/c1-33(2,3)38-31(42)29(21-12-16-24(35)17-13-21)40(32(43)22-8-7-9-25(36)20-22)26-18-14-23(15-19-26)34(4)37-28-11-6-5-10-27(28)30(41)39-34/h5-20,29,37H,1-4H3,(H,38,42)(H,39,41). The Morgan fingerprint density at radius 3 is 2.23 bits per heavy atom. The highest BCUT2D eigenvalue weighted by Gasteiger charge is 2.37. The number of nitrogens with zero attached hydrogens (tertiary/aromatic N) is 1. The number of benzene rings is 4. The van der Waals surface area contributed by atoms with Crippen molar-refractivity contribution >= 4 is 56.6 Å². The van der Waals surface area contributed by atoms with Gasteiger partial charge >= 0.3 is 0 Å². The van der Waals surface area contributed by atoms with Crippen LogP contribution in [-0.4, -0.2) is 23.3 Å². The number of nitrogens with one attached hydrogen (secondary N) is 3. The van der Waals surface area contributed by atoms with Gasteiger partial charge in [-0.05, 0) is 93.4 Å². The van der Waals surface area contributed by atoms with Gasteiger partial charge in [0.2, 0.25) is 5.91 Å². The summed E-state index contributed by atoms with van der Waals surface area (Å²) in [5.74, 6) is -0.914. The lowest BCUT2D eigenvalue weighted by molar-refractivity contribution is -0.123. The highest BCUT2D eigenvalue weighted by atomic mass is 79.9. The fourth-order valence-electron chi connectivity index (χ4n) is 5.13. The van der Waals surface area contributed by atoms with Gasteiger partial charge in [0.05, 0.1) is 5.56 Å². The molecule has 3 N–H and O–H groups in total. The Kier molecular flexibility index (Phi) is 8.36. The minimum atomic E-state index is -1.00. The van der Waals surface area contributed by atoms with E-state index in [4.69, 9.17) is 11.6 Å². The maximum atomic E-state index is 14.3. The van der Waals surface area contributed by atoms with E-state index in [-0.39, 0.29) is 11.8 Å². The van der Waals surface area contributed by atoms with Gasteiger partial charge in [-0.3, -0.25) is 19.3 Å². The molecule has 1 aliphatic rings. The van der Waals surface area contributed by atoms with E-state index in [9.17, 15) is 14.4 Å². The molecule has 0 aromatic heterocycles. The molecule has 0 saturated heterocycles. The van der Waals surface area contributed by atoms with Gasteiger partial charge in [0.25, 0.3) is 11.8 Å². The first-order valence-corrected chi connectivity index (χ1v) is 15.0. The molecule has 4 aromatic rings. The van der Waals surface area contributed by atoms with Crippen molar-refractivity contribution in [2.45, 2.75) is 44.9 Å². The van der Waals surface area contributed by atoms with E-state index in [1.807, 2.05) is 82.3 Å². The van der Waals surface area contributed by atoms with Gasteiger partial charge in [-0.1, -0.05) is 70.0 Å². The van der Waals surface area contributed by atoms with Gasteiger partial charge in [0.1, 0.15) is 11.7 Å². The van der Waals surface area contributed by atoms with Crippen LogP contribution in [0.15, 0.2) is 102 Å². The van der Waals surface area contributed by atoms with Crippen molar-refractivity contribution in [3.63, 3.8) is 0 Å². The van der Waals surface area contributed by atoms with E-state index in [1.54, 1.807) is 42.5 Å². The average Bonchev–Trinajstić information content (AvgIpc) is 2.95. The summed E-state index contributed by atoms with van der Waals surface area (Å²) in [7, 11) is 0. The van der Waals surface area contributed by atoms with Gasteiger partial charge in [0.15, 0.2) is 0 Å². The van der Waals surface area contributed by atoms with E-state index in [1.165, 1.54) is 4.90 Å². The van der Waals surface area contributed by atoms with Crippen molar-refractivity contribution in [2.24, 2.45) is 0 Å². The molecule has 0 bridgehead atoms. The predicted molar refractivity (Wildman–Crippen MR) is 174 cm³/mol. The molecule has 4 aromatic carbocycles. The summed E-state index contributed by atoms with van der Waals surface area (Å²) in [6, 6.07) is 27.6. The van der Waals surface area contributed by atoms with Crippen LogP contribution in [0, 0.1) is 0 Å². The summed E-state index contributed by atoms with van der Waals surface area (Å²) in [4.78, 5) is 42.7. The summed E-state index contributed by atoms with van der Waals surface area (Å²) in [5.41, 5.74) is 2.09. The number of fused-ring (bicyclic) bond motifs is 1. The topological polar surface area (TPSA) is 90.5 Å². The summed E-state index contributed by atoms with van der Waals surface area (Å²) in [6.45, 7) is 7.56. The Morgan fingerprint density at radius 2 is 1.58 bits per heavy atom. The lowest BCUT2D eigenvalue weighted by Crippen LogP contribution is -2.53. The second-order valence-corrected chi connectivity index (χ2v) is 13.0. The number of anilines is 2. The first-order valence-electron chi connectivity index (χ1n) is 13.8. The van der Waals surface area contributed by atoms with Gasteiger partial charge in [0, 0.05) is 32.0 Å². The fourth-order valence-corrected chi connectivity index (χ4v) is 5.58. The summed E-state index contributed by atoms with van der Waals surface area (Å²) in [5, 5.41) is 9.94. The van der Waals surface area contributed by atoms with Crippen molar-refractivity contribution in [2.75, 3.05) is 10.2 Å². The molecular formula is C34H32BrClN4O3. The van der Waals surface area contributed by atoms with Gasteiger partial charge in [-0.15, -0.1) is 0 Å². The van der Waals surface area contributed by atoms with E-state index in [2.05, 4.69) is 31.9 Å². The van der Waals surface area contributed by atoms with Crippen LogP contribution < -0.4 is 20.9 Å². The summed E-state index contributed by atoms with van der Waals surface area (Å²) in [6.07, 6.45) is 0. The Bertz CT molecular complexity index is 1690. The zero-order chi connectivity index (χ0) is 30.9. The average molecular weight is 660 g/mol. The SMILES string of the molecule is CC(C)(C)NC(=O)C(c1ccc(Br)cc1)N(C(=O)c1cccc(Cl)c1)c1ccc(C2(C)NC(=O)c3ccccc3N2)cc1. The number of para-hydroxylation sites is 1. The Morgan fingerprint density at radius 1 is 0.907 bits per heavy atom. The molecule has 1 heterocycles. The lowest BCUT2D eigenvalue weighted by atomic mass is 9.95. The third kappa shape index (κ3) is 6.60. The molecule has 5 rings (SSSR count). The smallest absolute Gasteiger partial charge is 0.259 e. The van der Waals surface area contributed by atoms with Crippen molar-refractivity contribution in [3.05, 3.63) is 129 Å². The van der Waals surface area contributed by atoms with Crippen LogP contribution >= 0.6 is 27.5 Å². The normalized spacial score (nSPS) is 16.7. The first-order chi connectivity index (χ1) is 20.3. The largest absolute Gasteiger partial charge is 0.359 e. The number of rotatable bonds is 6. The van der Waals surface area contributed by atoms with Crippen LogP contribution in [0.5, 0.6) is 0 Å². The van der Waals surface area contributed by atoms with Crippen molar-refractivity contribution in [1.82, 2.24) is 10.6 Å². The second kappa shape index (κ2) is 11.9. The van der Waals surface area contributed by atoms with Gasteiger partial charge < -0.3 is 16.0 Å². The third-order valence-electron chi connectivity index (χ3n) is 7.12. The zero-order valence-electron chi connectivity index (χ0n) is 24.2. The van der Waals surface area contributed by atoms with Crippen molar-refractivity contribution in [1.29, 1.82) is 0 Å². The maximum absolute atomic E-state index is 14.3. The van der Waals surface area contributed by atoms with Crippen molar-refractivity contribution in [3.8, 4) is 0 Å². The predicted octanol–water partition coefficient (Wildman–Crippen LogP) is 7.43. The number of hydrogen-bond acceptors (Lipinski definition) is 4. The fraction of sp³-hybridized carbons (Fsp3) is 0.206. The number of hydrogen-bond donors (Lipinski definition) is 3. The Labute approximate surface area is 264 Å². The molecule has 3 amide bonds. The van der Waals surface area contributed by atoms with Crippen molar-refractivity contribution < 1.29 is 14.4 Å². The molecular weight excluding hydrogens is 628 g/mol. The molecule has 2 atom stereocenters. The molecule has 43 heavy (non-hydrogen) atoms. The molecule has 0 fully saturated rings. The number of carbonyl (C=O) groups excluding carboxylic acids is 3. The lowest BCUT2D eigenvalue weighted by Gasteiger charge is -2.38. The van der Waals surface area contributed by atoms with E-state index < -0.39 is 23.2 Å². The molecule has 1 aliphatic heterocycles. The van der Waals surface area contributed by atoms with Crippen LogP contribution in [0.3, 0.4) is 0 Å². The first kappa shape index (κ1) is 30.3. The van der Waals surface area contributed by atoms with Gasteiger partial charge in [-0.2, -0.15) is 0 Å². The van der Waals surface area contributed by atoms with E-state index in [0.29, 0.717) is 27.4 Å². The molecule has 9 heteroatoms. The molecule has 0 spiro atoms. The maximum Gasteiger partial charge on any atom is 0.259 e. The minimum absolute atomic E-state index is 0.187. The molecule has 0 radical (unpaired) electrons. The molecule has 7 nitrogen and oxygen atoms in total. The zero-order valence-corrected chi connectivity index (χ0v) is 26.6. The van der Waals surface area contributed by atoms with Crippen LogP contribution in [0.2, 0.25) is 5.02 Å². The number of halogens is 2. The highest BCUT2D eigenvalue weighted by molar-refractivity contribution is 9.10. The number of amides is 3. The molecule has 2 unspecified atom stereocenters. The summed E-state index contributed by atoms with van der Waals surface area (Å²) >= 11 is 9.75. The monoisotopic (exact) mass is 658 g/mol. The Hall–Kier alpha value is -4.14. The van der Waals surface area contributed by atoms with E-state index in [0.717, 1.165) is 15.7 Å². The second-order valence-electron chi connectivity index (χ2n) is 11.7. The third-order valence-corrected chi connectivity index (χ3v) is 7.89. The minimum Gasteiger partial charge on any atom is -0.359 e. The summed E-state index contributed by atoms with van der Waals surface area (Å²) < 4.78 is 0.847. The highest BCUT2D eigenvalue weighted by Crippen LogP contribution is 2.35. The quantitative estimate of drug-likeness (QED) is 0.201. The number of carbonyl (C=O) groups is 3. The Balaban J connectivity index is 1.60.